The predicted octanol–water partition coefficient (Wildman–Crippen LogP) is 1.42. The fraction of sp³-hybridized carbons (Fsp3) is 0.143. The van der Waals surface area contributed by atoms with Crippen LogP contribution in [0.3, 0.4) is 0 Å². The molecule has 7 nitrogen and oxygen atoms in total. The van der Waals surface area contributed by atoms with Crippen LogP contribution in [0, 0.1) is 0 Å². The molecule has 3 N–H and O–H groups in total. The van der Waals surface area contributed by atoms with Crippen molar-refractivity contribution in [2.45, 2.75) is 11.3 Å². The monoisotopic (exact) mass is 356 g/mol. The van der Waals surface area contributed by atoms with E-state index in [1.807, 2.05) is 4.72 Å². The first-order valence-electron chi connectivity index (χ1n) is 6.65. The zero-order valence-electron chi connectivity index (χ0n) is 12.0. The van der Waals surface area contributed by atoms with E-state index < -0.39 is 20.3 Å². The molecule has 0 bridgehead atoms. The summed E-state index contributed by atoms with van der Waals surface area (Å²) in [7, 11) is -7.84. The van der Waals surface area contributed by atoms with Crippen LogP contribution >= 0.6 is 0 Å². The maximum Gasteiger partial charge on any atom is 0.357 e. The zero-order valence-corrected chi connectivity index (χ0v) is 13.6. The third-order valence-corrected chi connectivity index (χ3v) is 4.93. The molecule has 0 aliphatic rings. The van der Waals surface area contributed by atoms with Crippen molar-refractivity contribution in [3.63, 3.8) is 0 Å². The summed E-state index contributed by atoms with van der Waals surface area (Å²) in [5.74, 6) is 0. The molecule has 2 aromatic carbocycles. The molecule has 124 valence electrons. The molecule has 9 heteroatoms. The Balaban J connectivity index is 1.92. The molecule has 0 fully saturated rings. The Morgan fingerprint density at radius 3 is 2.04 bits per heavy atom. The Bertz CT molecular complexity index is 848. The molecule has 0 saturated carbocycles. The van der Waals surface area contributed by atoms with E-state index in [2.05, 4.69) is 4.72 Å². The van der Waals surface area contributed by atoms with Gasteiger partial charge in [-0.2, -0.15) is 8.42 Å². The molecule has 2 aromatic rings. The van der Waals surface area contributed by atoms with Gasteiger partial charge in [0.1, 0.15) is 0 Å². The summed E-state index contributed by atoms with van der Waals surface area (Å²) in [5, 5.41) is 0. The molecule has 0 amide bonds. The SMILES string of the molecule is O=S(=O)(O)Nc1ccc(CCNS(=O)(=O)c2ccccc2)cc1. The Labute approximate surface area is 135 Å². The fourth-order valence-corrected chi connectivity index (χ4v) is 3.39. The van der Waals surface area contributed by atoms with Gasteiger partial charge in [0, 0.05) is 6.54 Å². The largest absolute Gasteiger partial charge is 0.357 e. The van der Waals surface area contributed by atoms with Crippen molar-refractivity contribution in [1.82, 2.24) is 4.72 Å². The lowest BCUT2D eigenvalue weighted by atomic mass is 10.1. The fourth-order valence-electron chi connectivity index (χ4n) is 1.90. The van der Waals surface area contributed by atoms with Gasteiger partial charge in [-0.15, -0.1) is 0 Å². The van der Waals surface area contributed by atoms with Crippen molar-refractivity contribution < 1.29 is 21.4 Å². The summed E-state index contributed by atoms with van der Waals surface area (Å²) >= 11 is 0. The van der Waals surface area contributed by atoms with Crippen molar-refractivity contribution >= 4 is 26.0 Å². The van der Waals surface area contributed by atoms with Gasteiger partial charge >= 0.3 is 10.3 Å². The lowest BCUT2D eigenvalue weighted by Crippen LogP contribution is -2.25. The van der Waals surface area contributed by atoms with Gasteiger partial charge in [0.05, 0.1) is 10.6 Å². The predicted molar refractivity (Wildman–Crippen MR) is 86.9 cm³/mol. The Kier molecular flexibility index (Phi) is 5.37. The van der Waals surface area contributed by atoms with E-state index >= 15 is 0 Å². The minimum absolute atomic E-state index is 0.202. The Morgan fingerprint density at radius 2 is 1.48 bits per heavy atom. The molecular formula is C14H16N2O5S2. The van der Waals surface area contributed by atoms with Crippen LogP contribution in [0.2, 0.25) is 0 Å². The van der Waals surface area contributed by atoms with Gasteiger partial charge in [-0.05, 0) is 36.2 Å². The minimum atomic E-state index is -4.30. The van der Waals surface area contributed by atoms with E-state index in [-0.39, 0.29) is 17.1 Å². The van der Waals surface area contributed by atoms with Gasteiger partial charge in [0.2, 0.25) is 10.0 Å². The van der Waals surface area contributed by atoms with Gasteiger partial charge in [-0.1, -0.05) is 30.3 Å². The summed E-state index contributed by atoms with van der Waals surface area (Å²) in [6.45, 7) is 0.211. The number of benzene rings is 2. The van der Waals surface area contributed by atoms with Crippen molar-refractivity contribution in [2.75, 3.05) is 11.3 Å². The quantitative estimate of drug-likeness (QED) is 0.650. The molecule has 0 aliphatic carbocycles. The summed E-state index contributed by atoms with van der Waals surface area (Å²) in [6.07, 6.45) is 0.443. The number of sulfonamides is 1. The molecule has 0 saturated heterocycles. The van der Waals surface area contributed by atoms with Gasteiger partial charge in [0.15, 0.2) is 0 Å². The first kappa shape index (κ1) is 17.4. The van der Waals surface area contributed by atoms with Crippen LogP contribution in [0.4, 0.5) is 5.69 Å². The Morgan fingerprint density at radius 1 is 0.870 bits per heavy atom. The standard InChI is InChI=1S/C14H16N2O5S2/c17-22(18,14-4-2-1-3-5-14)15-11-10-12-6-8-13(9-7-12)16-23(19,20)21/h1-9,15-16H,10-11H2,(H,19,20,21). The van der Waals surface area contributed by atoms with Crippen molar-refractivity contribution in [3.05, 3.63) is 60.2 Å². The van der Waals surface area contributed by atoms with Gasteiger partial charge in [0.25, 0.3) is 0 Å². The Hall–Kier alpha value is -1.94. The molecule has 0 spiro atoms. The van der Waals surface area contributed by atoms with E-state index in [0.717, 1.165) is 5.56 Å². The van der Waals surface area contributed by atoms with E-state index in [0.29, 0.717) is 6.42 Å². The second-order valence-corrected chi connectivity index (χ2v) is 7.66. The number of hydrogen-bond donors (Lipinski definition) is 3. The molecule has 0 atom stereocenters. The number of rotatable bonds is 7. The van der Waals surface area contributed by atoms with Gasteiger partial charge in [-0.25, -0.2) is 13.1 Å². The molecule has 0 aliphatic heterocycles. The highest BCUT2D eigenvalue weighted by molar-refractivity contribution is 7.89. The van der Waals surface area contributed by atoms with Crippen LogP contribution in [0.25, 0.3) is 0 Å². The van der Waals surface area contributed by atoms with Gasteiger partial charge in [-0.3, -0.25) is 9.27 Å². The molecule has 0 unspecified atom stereocenters. The average Bonchev–Trinajstić information content (AvgIpc) is 2.48. The second-order valence-electron chi connectivity index (χ2n) is 4.73. The van der Waals surface area contributed by atoms with E-state index in [1.54, 1.807) is 30.3 Å². The lowest BCUT2D eigenvalue weighted by molar-refractivity contribution is 0.489. The zero-order chi connectivity index (χ0) is 16.9. The van der Waals surface area contributed by atoms with E-state index in [4.69, 9.17) is 4.55 Å². The smallest absolute Gasteiger partial charge is 0.269 e. The normalized spacial score (nSPS) is 12.0. The number of nitrogens with one attached hydrogen (secondary N) is 2. The molecular weight excluding hydrogens is 340 g/mol. The van der Waals surface area contributed by atoms with Crippen LogP contribution in [0.1, 0.15) is 5.56 Å². The average molecular weight is 356 g/mol. The highest BCUT2D eigenvalue weighted by Gasteiger charge is 2.12. The maximum atomic E-state index is 12.0. The highest BCUT2D eigenvalue weighted by atomic mass is 32.2. The third kappa shape index (κ3) is 5.64. The van der Waals surface area contributed by atoms with Crippen molar-refractivity contribution in [3.8, 4) is 0 Å². The molecule has 2 rings (SSSR count). The number of anilines is 1. The van der Waals surface area contributed by atoms with Crippen LogP contribution in [-0.2, 0) is 26.7 Å². The van der Waals surface area contributed by atoms with Crippen molar-refractivity contribution in [2.24, 2.45) is 0 Å². The molecule has 0 heterocycles. The molecule has 0 aromatic heterocycles. The topological polar surface area (TPSA) is 113 Å². The van der Waals surface area contributed by atoms with Crippen molar-refractivity contribution in [1.29, 1.82) is 0 Å². The van der Waals surface area contributed by atoms with E-state index in [9.17, 15) is 16.8 Å². The molecule has 0 radical (unpaired) electrons. The second kappa shape index (κ2) is 7.09. The van der Waals surface area contributed by atoms with Crippen LogP contribution in [0.15, 0.2) is 59.5 Å². The summed E-state index contributed by atoms with van der Waals surface area (Å²) in [5.41, 5.74) is 1.04. The van der Waals surface area contributed by atoms with Crippen LogP contribution in [-0.4, -0.2) is 27.9 Å². The van der Waals surface area contributed by atoms with Gasteiger partial charge < -0.3 is 0 Å². The first-order valence-corrected chi connectivity index (χ1v) is 9.57. The number of hydrogen-bond acceptors (Lipinski definition) is 4. The van der Waals surface area contributed by atoms with E-state index in [1.165, 1.54) is 24.3 Å². The molecule has 23 heavy (non-hydrogen) atoms. The van der Waals surface area contributed by atoms with Crippen LogP contribution < -0.4 is 9.44 Å². The minimum Gasteiger partial charge on any atom is -0.269 e. The summed E-state index contributed by atoms with van der Waals surface area (Å²) < 4.78 is 58.5. The summed E-state index contributed by atoms with van der Waals surface area (Å²) in [6, 6.07) is 14.3. The lowest BCUT2D eigenvalue weighted by Gasteiger charge is -2.07. The summed E-state index contributed by atoms with van der Waals surface area (Å²) in [4.78, 5) is 0.202. The third-order valence-electron chi connectivity index (χ3n) is 2.96. The highest BCUT2D eigenvalue weighted by Crippen LogP contribution is 2.12. The first-order chi connectivity index (χ1) is 10.8. The maximum absolute atomic E-state index is 12.0. The van der Waals surface area contributed by atoms with Crippen LogP contribution in [0.5, 0.6) is 0 Å².